The third-order valence-corrected chi connectivity index (χ3v) is 6.29. The van der Waals surface area contributed by atoms with Crippen molar-refractivity contribution in [3.8, 4) is 0 Å². The van der Waals surface area contributed by atoms with Crippen molar-refractivity contribution in [1.29, 1.82) is 0 Å². The number of benzene rings is 1. The molecule has 1 aromatic carbocycles. The Morgan fingerprint density at radius 3 is 2.67 bits per heavy atom. The van der Waals surface area contributed by atoms with Gasteiger partial charge in [0.1, 0.15) is 0 Å². The maximum atomic E-state index is 4.55. The van der Waals surface area contributed by atoms with E-state index in [0.29, 0.717) is 5.41 Å². The van der Waals surface area contributed by atoms with E-state index < -0.39 is 0 Å². The zero-order valence-electron chi connectivity index (χ0n) is 14.7. The minimum atomic E-state index is 0. The monoisotopic (exact) mass is 439 g/mol. The normalized spacial score (nSPS) is 28.0. The molecule has 1 aromatic rings. The summed E-state index contributed by atoms with van der Waals surface area (Å²) in [6.07, 6.45) is 8.40. The van der Waals surface area contributed by atoms with E-state index in [1.807, 2.05) is 7.05 Å². The van der Waals surface area contributed by atoms with E-state index in [9.17, 15) is 0 Å². The Morgan fingerprint density at radius 2 is 1.96 bits per heavy atom. The predicted octanol–water partition coefficient (Wildman–Crippen LogP) is 4.25. The number of guanidine groups is 1. The van der Waals surface area contributed by atoms with E-state index in [1.54, 1.807) is 0 Å². The quantitative estimate of drug-likeness (QED) is 0.433. The summed E-state index contributed by atoms with van der Waals surface area (Å²) in [5, 5.41) is 3.66. The Morgan fingerprint density at radius 1 is 1.21 bits per heavy atom. The molecule has 1 spiro atoms. The fourth-order valence-electron chi connectivity index (χ4n) is 4.79. The maximum Gasteiger partial charge on any atom is 0.193 e. The molecule has 1 heterocycles. The van der Waals surface area contributed by atoms with Crippen LogP contribution in [0.5, 0.6) is 0 Å². The van der Waals surface area contributed by atoms with E-state index in [-0.39, 0.29) is 24.0 Å². The molecule has 2 atom stereocenters. The van der Waals surface area contributed by atoms with Crippen LogP contribution in [0.4, 0.5) is 0 Å². The molecule has 3 fully saturated rings. The summed E-state index contributed by atoms with van der Waals surface area (Å²) in [5.41, 5.74) is 2.12. The smallest absolute Gasteiger partial charge is 0.193 e. The van der Waals surface area contributed by atoms with E-state index >= 15 is 0 Å². The van der Waals surface area contributed by atoms with Gasteiger partial charge in [0.2, 0.25) is 0 Å². The van der Waals surface area contributed by atoms with E-state index in [4.69, 9.17) is 0 Å². The largest absolute Gasteiger partial charge is 0.356 e. The number of nitrogens with zero attached hydrogens (tertiary/aromatic N) is 2. The molecule has 2 unspecified atom stereocenters. The number of rotatable bonds is 3. The first-order valence-corrected chi connectivity index (χ1v) is 9.30. The first-order chi connectivity index (χ1) is 11.3. The highest BCUT2D eigenvalue weighted by atomic mass is 127. The van der Waals surface area contributed by atoms with Crippen LogP contribution in [0.1, 0.15) is 50.0 Å². The van der Waals surface area contributed by atoms with Gasteiger partial charge in [0.25, 0.3) is 0 Å². The zero-order chi connectivity index (χ0) is 15.7. The maximum absolute atomic E-state index is 4.55. The molecule has 0 bridgehead atoms. The lowest BCUT2D eigenvalue weighted by Crippen LogP contribution is -2.41. The second-order valence-electron chi connectivity index (χ2n) is 7.82. The lowest BCUT2D eigenvalue weighted by Gasteiger charge is -2.26. The fourth-order valence-corrected chi connectivity index (χ4v) is 4.79. The van der Waals surface area contributed by atoms with Crippen LogP contribution in [0.15, 0.2) is 35.3 Å². The van der Waals surface area contributed by atoms with Crippen molar-refractivity contribution < 1.29 is 0 Å². The highest BCUT2D eigenvalue weighted by Crippen LogP contribution is 2.47. The molecule has 3 aliphatic rings. The first kappa shape index (κ1) is 18.0. The molecule has 1 N–H and O–H groups in total. The van der Waals surface area contributed by atoms with Gasteiger partial charge in [0.05, 0.1) is 0 Å². The molecule has 0 radical (unpaired) electrons. The number of nitrogens with one attached hydrogen (secondary N) is 1. The van der Waals surface area contributed by atoms with Gasteiger partial charge < -0.3 is 10.2 Å². The molecule has 4 heteroatoms. The molecular formula is C20H30IN3. The van der Waals surface area contributed by atoms with Gasteiger partial charge in [-0.3, -0.25) is 4.99 Å². The highest BCUT2D eigenvalue weighted by molar-refractivity contribution is 14.0. The minimum absolute atomic E-state index is 0. The highest BCUT2D eigenvalue weighted by Gasteiger charge is 2.42. The topological polar surface area (TPSA) is 27.6 Å². The van der Waals surface area contributed by atoms with Crippen LogP contribution < -0.4 is 5.32 Å². The van der Waals surface area contributed by atoms with Gasteiger partial charge in [0, 0.05) is 26.7 Å². The van der Waals surface area contributed by atoms with Crippen LogP contribution in [0.25, 0.3) is 0 Å². The van der Waals surface area contributed by atoms with Crippen LogP contribution in [0, 0.1) is 11.3 Å². The van der Waals surface area contributed by atoms with Gasteiger partial charge in [-0.25, -0.2) is 0 Å². The average molecular weight is 439 g/mol. The van der Waals surface area contributed by atoms with E-state index in [1.165, 1.54) is 57.2 Å². The molecule has 3 nitrogen and oxygen atoms in total. The van der Waals surface area contributed by atoms with Crippen molar-refractivity contribution in [3.05, 3.63) is 35.9 Å². The van der Waals surface area contributed by atoms with Crippen molar-refractivity contribution in [1.82, 2.24) is 10.2 Å². The SMILES string of the molecule is CN=C(NCC1CC1c1ccccc1)N1CCC2(CCCC2)C1.I. The van der Waals surface area contributed by atoms with Crippen molar-refractivity contribution in [2.75, 3.05) is 26.7 Å². The summed E-state index contributed by atoms with van der Waals surface area (Å²) in [6, 6.07) is 10.9. The molecule has 4 rings (SSSR count). The Labute approximate surface area is 163 Å². The van der Waals surface area contributed by atoms with Gasteiger partial charge in [-0.05, 0) is 48.5 Å². The van der Waals surface area contributed by atoms with Crippen LogP contribution in [0.3, 0.4) is 0 Å². The molecule has 2 saturated carbocycles. The molecule has 1 aliphatic heterocycles. The van der Waals surface area contributed by atoms with Crippen molar-refractivity contribution in [3.63, 3.8) is 0 Å². The Balaban J connectivity index is 0.00000169. The number of hydrogen-bond acceptors (Lipinski definition) is 1. The van der Waals surface area contributed by atoms with Gasteiger partial charge in [-0.15, -0.1) is 24.0 Å². The zero-order valence-corrected chi connectivity index (χ0v) is 17.0. The van der Waals surface area contributed by atoms with Crippen molar-refractivity contribution in [2.45, 2.75) is 44.4 Å². The molecule has 1 saturated heterocycles. The number of aliphatic imine (C=N–C) groups is 1. The summed E-state index contributed by atoms with van der Waals surface area (Å²) in [6.45, 7) is 3.47. The van der Waals surface area contributed by atoms with Gasteiger partial charge in [0.15, 0.2) is 5.96 Å². The number of halogens is 1. The lowest BCUT2D eigenvalue weighted by molar-refractivity contribution is 0.309. The predicted molar refractivity (Wildman–Crippen MR) is 111 cm³/mol. The van der Waals surface area contributed by atoms with E-state index in [2.05, 4.69) is 45.5 Å². The first-order valence-electron chi connectivity index (χ1n) is 9.30. The third-order valence-electron chi connectivity index (χ3n) is 6.29. The second kappa shape index (κ2) is 7.63. The average Bonchev–Trinajstić information content (AvgIpc) is 3.03. The number of hydrogen-bond donors (Lipinski definition) is 1. The molecule has 24 heavy (non-hydrogen) atoms. The summed E-state index contributed by atoms with van der Waals surface area (Å²) in [5.74, 6) is 2.66. The molecular weight excluding hydrogens is 409 g/mol. The third kappa shape index (κ3) is 3.73. The molecule has 2 aliphatic carbocycles. The standard InChI is InChI=1S/C20H29N3.HI/c1-21-19(23-12-11-20(15-23)9-5-6-10-20)22-14-17-13-18(17)16-7-3-2-4-8-16;/h2-4,7-8,17-18H,5-6,9-15H2,1H3,(H,21,22);1H. The summed E-state index contributed by atoms with van der Waals surface area (Å²) < 4.78 is 0. The van der Waals surface area contributed by atoms with Gasteiger partial charge >= 0.3 is 0 Å². The van der Waals surface area contributed by atoms with Crippen LogP contribution in [0.2, 0.25) is 0 Å². The van der Waals surface area contributed by atoms with Gasteiger partial charge in [-0.1, -0.05) is 43.2 Å². The fraction of sp³-hybridized carbons (Fsp3) is 0.650. The second-order valence-corrected chi connectivity index (χ2v) is 7.82. The molecule has 0 aromatic heterocycles. The lowest BCUT2D eigenvalue weighted by atomic mass is 9.86. The van der Waals surface area contributed by atoms with Crippen molar-refractivity contribution in [2.24, 2.45) is 16.3 Å². The Bertz CT molecular complexity index is 566. The van der Waals surface area contributed by atoms with Crippen LogP contribution >= 0.6 is 24.0 Å². The molecule has 132 valence electrons. The Kier molecular flexibility index (Phi) is 5.73. The summed E-state index contributed by atoms with van der Waals surface area (Å²) >= 11 is 0. The van der Waals surface area contributed by atoms with Gasteiger partial charge in [-0.2, -0.15) is 0 Å². The Hall–Kier alpha value is -0.780. The minimum Gasteiger partial charge on any atom is -0.356 e. The number of likely N-dealkylation sites (tertiary alicyclic amines) is 1. The van der Waals surface area contributed by atoms with E-state index in [0.717, 1.165) is 24.3 Å². The molecule has 0 amide bonds. The summed E-state index contributed by atoms with van der Waals surface area (Å²) in [7, 11) is 1.93. The van der Waals surface area contributed by atoms with Crippen LogP contribution in [-0.4, -0.2) is 37.5 Å². The van der Waals surface area contributed by atoms with Crippen molar-refractivity contribution >= 4 is 29.9 Å². The summed E-state index contributed by atoms with van der Waals surface area (Å²) in [4.78, 5) is 7.06. The van der Waals surface area contributed by atoms with Crippen LogP contribution in [-0.2, 0) is 0 Å².